The number of carbonyl (C=O) groups is 2. The van der Waals surface area contributed by atoms with Crippen LogP contribution in [0.15, 0.2) is 18.2 Å². The zero-order valence-corrected chi connectivity index (χ0v) is 17.4. The third-order valence-corrected chi connectivity index (χ3v) is 4.90. The molecule has 0 radical (unpaired) electrons. The highest BCUT2D eigenvalue weighted by molar-refractivity contribution is 6.39. The van der Waals surface area contributed by atoms with E-state index >= 15 is 0 Å². The Morgan fingerprint density at radius 3 is 2.52 bits per heavy atom. The first-order chi connectivity index (χ1) is 12.9. The Bertz CT molecular complexity index is 635. The molecule has 150 valence electrons. The fourth-order valence-electron chi connectivity index (χ4n) is 2.79. The second kappa shape index (κ2) is 10.7. The monoisotopic (exact) mass is 415 g/mol. The summed E-state index contributed by atoms with van der Waals surface area (Å²) in [6.07, 6.45) is 0.935. The average Bonchev–Trinajstić information content (AvgIpc) is 2.87. The minimum atomic E-state index is -0.253. The van der Waals surface area contributed by atoms with Gasteiger partial charge in [-0.05, 0) is 31.0 Å². The first kappa shape index (κ1) is 21.8. The Kier molecular flexibility index (Phi) is 8.67. The lowest BCUT2D eigenvalue weighted by atomic mass is 10.2. The van der Waals surface area contributed by atoms with Gasteiger partial charge in [-0.25, -0.2) is 4.79 Å². The molecule has 0 aromatic heterocycles. The molecule has 0 bridgehead atoms. The van der Waals surface area contributed by atoms with E-state index < -0.39 is 0 Å². The standard InChI is InChI=1S/C19H27Cl2N3O3/c1-14(2)13-27-19(26)24-9-4-8-23(11-12-24)10-7-17(25)22-18-15(20)5-3-6-16(18)21/h3,5-6,14H,4,7-13H2,1-2H3,(H,22,25). The molecule has 1 fully saturated rings. The van der Waals surface area contributed by atoms with Crippen LogP contribution >= 0.6 is 23.2 Å². The van der Waals surface area contributed by atoms with Gasteiger partial charge >= 0.3 is 6.09 Å². The predicted molar refractivity (Wildman–Crippen MR) is 109 cm³/mol. The molecule has 6 nitrogen and oxygen atoms in total. The van der Waals surface area contributed by atoms with Crippen molar-refractivity contribution >= 4 is 40.9 Å². The molecule has 2 rings (SSSR count). The van der Waals surface area contributed by atoms with Gasteiger partial charge in [0.25, 0.3) is 0 Å². The maximum atomic E-state index is 12.2. The number of rotatable bonds is 6. The van der Waals surface area contributed by atoms with Crippen molar-refractivity contribution in [3.63, 3.8) is 0 Å². The van der Waals surface area contributed by atoms with E-state index in [9.17, 15) is 9.59 Å². The highest BCUT2D eigenvalue weighted by Gasteiger charge is 2.21. The maximum Gasteiger partial charge on any atom is 0.409 e. The van der Waals surface area contributed by atoms with Crippen molar-refractivity contribution in [2.45, 2.75) is 26.7 Å². The molecule has 1 aliphatic rings. The number of ether oxygens (including phenoxy) is 1. The van der Waals surface area contributed by atoms with Crippen molar-refractivity contribution in [1.29, 1.82) is 0 Å². The molecule has 1 aromatic rings. The molecule has 1 N–H and O–H groups in total. The second-order valence-corrected chi connectivity index (χ2v) is 7.86. The topological polar surface area (TPSA) is 61.9 Å². The maximum absolute atomic E-state index is 12.2. The molecule has 1 saturated heterocycles. The van der Waals surface area contributed by atoms with Crippen LogP contribution in [0.1, 0.15) is 26.7 Å². The summed E-state index contributed by atoms with van der Waals surface area (Å²) in [6, 6.07) is 5.10. The number of anilines is 1. The van der Waals surface area contributed by atoms with Crippen molar-refractivity contribution in [2.24, 2.45) is 5.92 Å². The summed E-state index contributed by atoms with van der Waals surface area (Å²) in [5.74, 6) is 0.185. The molecule has 1 aromatic carbocycles. The van der Waals surface area contributed by atoms with Gasteiger partial charge in [0, 0.05) is 32.6 Å². The van der Waals surface area contributed by atoms with E-state index in [0.717, 1.165) is 19.5 Å². The SMILES string of the molecule is CC(C)COC(=O)N1CCCN(CCC(=O)Nc2c(Cl)cccc2Cl)CC1. The normalized spacial score (nSPS) is 15.5. The van der Waals surface area contributed by atoms with Crippen LogP contribution in [-0.4, -0.2) is 61.1 Å². The lowest BCUT2D eigenvalue weighted by Gasteiger charge is -2.22. The van der Waals surface area contributed by atoms with Crippen LogP contribution in [-0.2, 0) is 9.53 Å². The number of amides is 2. The van der Waals surface area contributed by atoms with Crippen molar-refractivity contribution in [2.75, 3.05) is 44.6 Å². The van der Waals surface area contributed by atoms with Crippen molar-refractivity contribution in [1.82, 2.24) is 9.80 Å². The van der Waals surface area contributed by atoms with Gasteiger partial charge in [0.1, 0.15) is 0 Å². The van der Waals surface area contributed by atoms with Crippen LogP contribution in [0, 0.1) is 5.92 Å². The van der Waals surface area contributed by atoms with Gasteiger partial charge in [-0.3, -0.25) is 4.79 Å². The number of carbonyl (C=O) groups excluding carboxylic acids is 2. The number of hydrogen-bond donors (Lipinski definition) is 1. The Morgan fingerprint density at radius 1 is 1.15 bits per heavy atom. The Balaban J connectivity index is 1.76. The van der Waals surface area contributed by atoms with Gasteiger partial charge in [0.05, 0.1) is 22.3 Å². The highest BCUT2D eigenvalue weighted by atomic mass is 35.5. The van der Waals surface area contributed by atoms with E-state index in [0.29, 0.717) is 54.3 Å². The molecule has 1 heterocycles. The first-order valence-electron chi connectivity index (χ1n) is 9.24. The van der Waals surface area contributed by atoms with Gasteiger partial charge in [-0.15, -0.1) is 0 Å². The van der Waals surface area contributed by atoms with Gasteiger partial charge in [-0.2, -0.15) is 0 Å². The van der Waals surface area contributed by atoms with Gasteiger partial charge in [-0.1, -0.05) is 43.1 Å². The van der Waals surface area contributed by atoms with Crippen molar-refractivity contribution in [3.05, 3.63) is 28.2 Å². The molecule has 2 amide bonds. The number of para-hydroxylation sites is 1. The minimum absolute atomic E-state index is 0.137. The lowest BCUT2D eigenvalue weighted by molar-refractivity contribution is -0.116. The Labute approximate surface area is 170 Å². The van der Waals surface area contributed by atoms with Crippen LogP contribution < -0.4 is 5.32 Å². The van der Waals surface area contributed by atoms with Gasteiger partial charge in [0.15, 0.2) is 0 Å². The van der Waals surface area contributed by atoms with Crippen LogP contribution in [0.2, 0.25) is 10.0 Å². The summed E-state index contributed by atoms with van der Waals surface area (Å²) in [4.78, 5) is 28.2. The molecule has 8 heteroatoms. The zero-order chi connectivity index (χ0) is 19.8. The quantitative estimate of drug-likeness (QED) is 0.758. The molecule has 0 spiro atoms. The first-order valence-corrected chi connectivity index (χ1v) is 10.0. The van der Waals surface area contributed by atoms with E-state index in [1.165, 1.54) is 0 Å². The van der Waals surface area contributed by atoms with Gasteiger partial charge in [0.2, 0.25) is 5.91 Å². The Hall–Kier alpha value is -1.50. The van der Waals surface area contributed by atoms with Crippen molar-refractivity contribution < 1.29 is 14.3 Å². The summed E-state index contributed by atoms with van der Waals surface area (Å²) in [6.45, 7) is 7.91. The van der Waals surface area contributed by atoms with Crippen LogP contribution in [0.3, 0.4) is 0 Å². The third-order valence-electron chi connectivity index (χ3n) is 4.27. The summed E-state index contributed by atoms with van der Waals surface area (Å²) >= 11 is 12.2. The third kappa shape index (κ3) is 7.20. The fraction of sp³-hybridized carbons (Fsp3) is 0.579. The smallest absolute Gasteiger partial charge is 0.409 e. The minimum Gasteiger partial charge on any atom is -0.449 e. The number of nitrogens with zero attached hydrogens (tertiary/aromatic N) is 2. The lowest BCUT2D eigenvalue weighted by Crippen LogP contribution is -2.36. The summed E-state index contributed by atoms with van der Waals surface area (Å²) in [7, 11) is 0. The molecule has 1 aliphatic heterocycles. The molecular weight excluding hydrogens is 389 g/mol. The van der Waals surface area contributed by atoms with E-state index in [1.807, 2.05) is 13.8 Å². The number of nitrogens with one attached hydrogen (secondary N) is 1. The molecule has 0 saturated carbocycles. The van der Waals surface area contributed by atoms with Crippen molar-refractivity contribution in [3.8, 4) is 0 Å². The summed E-state index contributed by atoms with van der Waals surface area (Å²) in [5.41, 5.74) is 0.445. The summed E-state index contributed by atoms with van der Waals surface area (Å²) in [5, 5.41) is 3.61. The molecular formula is C19H27Cl2N3O3. The van der Waals surface area contributed by atoms with E-state index in [2.05, 4.69) is 10.2 Å². The number of halogens is 2. The largest absolute Gasteiger partial charge is 0.449 e. The molecule has 0 aliphatic carbocycles. The van der Waals surface area contributed by atoms with E-state index in [1.54, 1.807) is 23.1 Å². The number of hydrogen-bond acceptors (Lipinski definition) is 4. The Morgan fingerprint density at radius 2 is 1.85 bits per heavy atom. The van der Waals surface area contributed by atoms with Crippen LogP contribution in [0.4, 0.5) is 10.5 Å². The molecule has 0 atom stereocenters. The second-order valence-electron chi connectivity index (χ2n) is 7.05. The molecule has 0 unspecified atom stereocenters. The average molecular weight is 416 g/mol. The fourth-order valence-corrected chi connectivity index (χ4v) is 3.28. The van der Waals surface area contributed by atoms with Gasteiger partial charge < -0.3 is 19.9 Å². The van der Waals surface area contributed by atoms with Crippen LogP contribution in [0.5, 0.6) is 0 Å². The molecule has 27 heavy (non-hydrogen) atoms. The zero-order valence-electron chi connectivity index (χ0n) is 15.8. The van der Waals surface area contributed by atoms with Crippen LogP contribution in [0.25, 0.3) is 0 Å². The predicted octanol–water partition coefficient (Wildman–Crippen LogP) is 4.12. The summed E-state index contributed by atoms with van der Waals surface area (Å²) < 4.78 is 5.30. The highest BCUT2D eigenvalue weighted by Crippen LogP contribution is 2.29. The van der Waals surface area contributed by atoms with E-state index in [-0.39, 0.29) is 12.0 Å². The van der Waals surface area contributed by atoms with E-state index in [4.69, 9.17) is 27.9 Å². The number of benzene rings is 1.